The Kier molecular flexibility index (Phi) is 4.49. The highest BCUT2D eigenvalue weighted by molar-refractivity contribution is 7.18. The van der Waals surface area contributed by atoms with Gasteiger partial charge in [0.15, 0.2) is 5.69 Å². The molecule has 2 aromatic carbocycles. The van der Waals surface area contributed by atoms with E-state index in [0.29, 0.717) is 17.3 Å². The Balaban J connectivity index is 1.61. The number of rotatable bonds is 4. The predicted octanol–water partition coefficient (Wildman–Crippen LogP) is 5.09. The molecule has 5 nitrogen and oxygen atoms in total. The van der Waals surface area contributed by atoms with Crippen LogP contribution in [0.1, 0.15) is 34.2 Å². The van der Waals surface area contributed by atoms with Crippen LogP contribution in [0.2, 0.25) is 0 Å². The van der Waals surface area contributed by atoms with Gasteiger partial charge >= 0.3 is 0 Å². The van der Waals surface area contributed by atoms with Crippen molar-refractivity contribution in [3.05, 3.63) is 71.1 Å². The van der Waals surface area contributed by atoms with Gasteiger partial charge in [-0.05, 0) is 38.1 Å². The number of benzene rings is 2. The van der Waals surface area contributed by atoms with Gasteiger partial charge in [-0.3, -0.25) is 4.79 Å². The molecule has 2 heterocycles. The highest BCUT2D eigenvalue weighted by Gasteiger charge is 2.26. The summed E-state index contributed by atoms with van der Waals surface area (Å²) >= 11 is 1.60. The molecule has 0 spiro atoms. The summed E-state index contributed by atoms with van der Waals surface area (Å²) in [4.78, 5) is 23.8. The molecule has 0 fully saturated rings. The summed E-state index contributed by atoms with van der Waals surface area (Å²) in [6, 6.07) is 17.4. The predicted molar refractivity (Wildman–Crippen MR) is 107 cm³/mol. The van der Waals surface area contributed by atoms with Gasteiger partial charge in [-0.25, -0.2) is 9.97 Å². The first-order valence-corrected chi connectivity index (χ1v) is 9.51. The summed E-state index contributed by atoms with van der Waals surface area (Å²) in [5, 5.41) is 0.900. The van der Waals surface area contributed by atoms with Gasteiger partial charge in [0.05, 0.1) is 16.3 Å². The number of fused-ring (bicyclic) bond motifs is 1. The Bertz CT molecular complexity index is 1070. The van der Waals surface area contributed by atoms with E-state index >= 15 is 0 Å². The molecule has 0 aliphatic carbocycles. The average molecular weight is 377 g/mol. The molecule has 4 aromatic rings. The minimum atomic E-state index is -0.176. The number of para-hydroxylation sites is 1. The van der Waals surface area contributed by atoms with Crippen molar-refractivity contribution < 1.29 is 9.21 Å². The van der Waals surface area contributed by atoms with Gasteiger partial charge in [0.25, 0.3) is 5.91 Å². The van der Waals surface area contributed by atoms with E-state index in [9.17, 15) is 4.79 Å². The molecule has 0 saturated heterocycles. The molecule has 0 radical (unpaired) electrons. The first-order valence-electron chi connectivity index (χ1n) is 8.70. The second kappa shape index (κ2) is 6.96. The number of thiazole rings is 1. The molecule has 0 N–H and O–H groups in total. The maximum absolute atomic E-state index is 13.0. The standard InChI is InChI=1S/C21H19N3O2S/c1-13(20-22-16-11-7-8-12-17(16)27-20)24(3)21(25)18-14(2)26-19(23-18)15-9-5-4-6-10-15/h4-13H,1-3H3. The van der Waals surface area contributed by atoms with Crippen molar-refractivity contribution in [2.45, 2.75) is 19.9 Å². The Morgan fingerprint density at radius 3 is 2.52 bits per heavy atom. The van der Waals surface area contributed by atoms with Crippen LogP contribution in [-0.2, 0) is 0 Å². The number of oxazole rings is 1. The summed E-state index contributed by atoms with van der Waals surface area (Å²) in [6.45, 7) is 3.74. The van der Waals surface area contributed by atoms with E-state index in [2.05, 4.69) is 9.97 Å². The van der Waals surface area contributed by atoms with Gasteiger partial charge in [-0.2, -0.15) is 0 Å². The molecular formula is C21H19N3O2S. The Morgan fingerprint density at radius 1 is 1.07 bits per heavy atom. The third-order valence-electron chi connectivity index (χ3n) is 4.59. The third kappa shape index (κ3) is 3.24. The number of carbonyl (C=O) groups excluding carboxylic acids is 1. The molecule has 2 aromatic heterocycles. The molecule has 1 unspecified atom stereocenters. The molecule has 0 aliphatic heterocycles. The van der Waals surface area contributed by atoms with Gasteiger partial charge in [-0.15, -0.1) is 11.3 Å². The summed E-state index contributed by atoms with van der Waals surface area (Å²) in [7, 11) is 1.77. The fourth-order valence-corrected chi connectivity index (χ4v) is 3.94. The topological polar surface area (TPSA) is 59.2 Å². The van der Waals surface area contributed by atoms with E-state index in [0.717, 1.165) is 20.8 Å². The first kappa shape index (κ1) is 17.4. The summed E-state index contributed by atoms with van der Waals surface area (Å²) in [6.07, 6.45) is 0. The molecule has 1 amide bonds. The highest BCUT2D eigenvalue weighted by Crippen LogP contribution is 2.30. The van der Waals surface area contributed by atoms with Crippen LogP contribution >= 0.6 is 11.3 Å². The Hall–Kier alpha value is -2.99. The van der Waals surface area contributed by atoms with Crippen LogP contribution in [0.4, 0.5) is 0 Å². The second-order valence-electron chi connectivity index (χ2n) is 6.40. The molecule has 6 heteroatoms. The summed E-state index contributed by atoms with van der Waals surface area (Å²) in [5.74, 6) is 0.796. The number of aromatic nitrogens is 2. The van der Waals surface area contributed by atoms with Crippen molar-refractivity contribution in [1.82, 2.24) is 14.9 Å². The second-order valence-corrected chi connectivity index (χ2v) is 7.46. The molecule has 1 atom stereocenters. The van der Waals surface area contributed by atoms with Crippen LogP contribution in [0.5, 0.6) is 0 Å². The fourth-order valence-electron chi connectivity index (χ4n) is 2.88. The van der Waals surface area contributed by atoms with Crippen LogP contribution in [0.15, 0.2) is 59.0 Å². The lowest BCUT2D eigenvalue weighted by Gasteiger charge is -2.22. The smallest absolute Gasteiger partial charge is 0.276 e. The van der Waals surface area contributed by atoms with Crippen molar-refractivity contribution in [1.29, 1.82) is 0 Å². The molecular weight excluding hydrogens is 358 g/mol. The normalized spacial score (nSPS) is 12.3. The number of nitrogens with zero attached hydrogens (tertiary/aromatic N) is 3. The largest absolute Gasteiger partial charge is 0.441 e. The maximum Gasteiger partial charge on any atom is 0.276 e. The maximum atomic E-state index is 13.0. The van der Waals surface area contributed by atoms with Gasteiger partial charge < -0.3 is 9.32 Å². The molecule has 0 saturated carbocycles. The van der Waals surface area contributed by atoms with Crippen molar-refractivity contribution in [2.75, 3.05) is 7.05 Å². The van der Waals surface area contributed by atoms with E-state index in [1.54, 1.807) is 30.2 Å². The molecule has 0 aliphatic rings. The number of amides is 1. The number of aryl methyl sites for hydroxylation is 1. The summed E-state index contributed by atoms with van der Waals surface area (Å²) in [5.41, 5.74) is 2.14. The fraction of sp³-hybridized carbons (Fsp3) is 0.190. The van der Waals surface area contributed by atoms with Crippen LogP contribution < -0.4 is 0 Å². The van der Waals surface area contributed by atoms with E-state index in [4.69, 9.17) is 4.42 Å². The van der Waals surface area contributed by atoms with Gasteiger partial charge in [0.1, 0.15) is 10.8 Å². The molecule has 0 bridgehead atoms. The monoisotopic (exact) mass is 377 g/mol. The lowest BCUT2D eigenvalue weighted by atomic mass is 10.2. The van der Waals surface area contributed by atoms with Crippen molar-refractivity contribution in [3.8, 4) is 11.5 Å². The van der Waals surface area contributed by atoms with Crippen LogP contribution in [-0.4, -0.2) is 27.8 Å². The highest BCUT2D eigenvalue weighted by atomic mass is 32.1. The first-order chi connectivity index (χ1) is 13.0. The number of hydrogen-bond donors (Lipinski definition) is 0. The molecule has 4 rings (SSSR count). The van der Waals surface area contributed by atoms with Gasteiger partial charge in [-0.1, -0.05) is 30.3 Å². The zero-order valence-corrected chi connectivity index (χ0v) is 16.2. The number of carbonyl (C=O) groups is 1. The summed E-state index contributed by atoms with van der Waals surface area (Å²) < 4.78 is 6.85. The van der Waals surface area contributed by atoms with E-state index in [-0.39, 0.29) is 11.9 Å². The lowest BCUT2D eigenvalue weighted by Crippen LogP contribution is -2.30. The third-order valence-corrected chi connectivity index (χ3v) is 5.80. The SMILES string of the molecule is Cc1oc(-c2ccccc2)nc1C(=O)N(C)C(C)c1nc2ccccc2s1. The van der Waals surface area contributed by atoms with Crippen LogP contribution in [0.25, 0.3) is 21.7 Å². The van der Waals surface area contributed by atoms with Gasteiger partial charge in [0, 0.05) is 12.6 Å². The van der Waals surface area contributed by atoms with E-state index in [1.807, 2.05) is 61.5 Å². The lowest BCUT2D eigenvalue weighted by molar-refractivity contribution is 0.0735. The minimum Gasteiger partial charge on any atom is -0.441 e. The van der Waals surface area contributed by atoms with E-state index < -0.39 is 0 Å². The average Bonchev–Trinajstić information content (AvgIpc) is 3.30. The zero-order chi connectivity index (χ0) is 19.0. The quantitative estimate of drug-likeness (QED) is 0.497. The number of hydrogen-bond acceptors (Lipinski definition) is 5. The molecule has 27 heavy (non-hydrogen) atoms. The van der Waals surface area contributed by atoms with E-state index in [1.165, 1.54) is 0 Å². The van der Waals surface area contributed by atoms with Crippen molar-refractivity contribution in [3.63, 3.8) is 0 Å². The minimum absolute atomic E-state index is 0.161. The zero-order valence-electron chi connectivity index (χ0n) is 15.3. The van der Waals surface area contributed by atoms with Crippen LogP contribution in [0, 0.1) is 6.92 Å². The van der Waals surface area contributed by atoms with Crippen molar-refractivity contribution in [2.24, 2.45) is 0 Å². The molecule has 136 valence electrons. The van der Waals surface area contributed by atoms with Gasteiger partial charge in [0.2, 0.25) is 5.89 Å². The van der Waals surface area contributed by atoms with Crippen LogP contribution in [0.3, 0.4) is 0 Å². The Morgan fingerprint density at radius 2 is 1.78 bits per heavy atom. The van der Waals surface area contributed by atoms with Crippen molar-refractivity contribution >= 4 is 27.5 Å². The Labute approximate surface area is 161 Å².